The van der Waals surface area contributed by atoms with Crippen LogP contribution < -0.4 is 5.73 Å². The molecule has 0 radical (unpaired) electrons. The topological polar surface area (TPSA) is 101 Å². The summed E-state index contributed by atoms with van der Waals surface area (Å²) in [4.78, 5) is 10.5. The zero-order valence-electron chi connectivity index (χ0n) is 9.62. The van der Waals surface area contributed by atoms with Crippen molar-refractivity contribution < 1.29 is 18.3 Å². The van der Waals surface area contributed by atoms with E-state index < -0.39 is 16.0 Å². The van der Waals surface area contributed by atoms with Crippen molar-refractivity contribution in [3.05, 3.63) is 23.8 Å². The lowest BCUT2D eigenvalue weighted by Crippen LogP contribution is -2.28. The first-order valence-corrected chi connectivity index (χ1v) is 6.27. The second-order valence-corrected chi connectivity index (χ2v) is 5.54. The van der Waals surface area contributed by atoms with Gasteiger partial charge in [-0.2, -0.15) is 4.31 Å². The van der Waals surface area contributed by atoms with E-state index in [0.29, 0.717) is 0 Å². The number of aromatic carboxylic acids is 1. The van der Waals surface area contributed by atoms with Crippen molar-refractivity contribution in [1.29, 1.82) is 0 Å². The molecule has 0 bridgehead atoms. The molecule has 0 amide bonds. The summed E-state index contributed by atoms with van der Waals surface area (Å²) in [6.07, 6.45) is 5.04. The van der Waals surface area contributed by atoms with Crippen molar-refractivity contribution in [3.8, 4) is 12.3 Å². The molecule has 18 heavy (non-hydrogen) atoms. The lowest BCUT2D eigenvalue weighted by molar-refractivity contribution is 0.0697. The maximum Gasteiger partial charge on any atom is 0.335 e. The van der Waals surface area contributed by atoms with E-state index in [9.17, 15) is 13.2 Å². The van der Waals surface area contributed by atoms with Gasteiger partial charge >= 0.3 is 5.97 Å². The van der Waals surface area contributed by atoms with Crippen LogP contribution in [-0.4, -0.2) is 37.4 Å². The van der Waals surface area contributed by atoms with E-state index in [4.69, 9.17) is 17.3 Å². The Labute approximate surface area is 105 Å². The van der Waals surface area contributed by atoms with Gasteiger partial charge in [0.25, 0.3) is 0 Å². The van der Waals surface area contributed by atoms with E-state index in [2.05, 4.69) is 5.92 Å². The number of rotatable bonds is 4. The third-order valence-corrected chi connectivity index (χ3v) is 4.14. The van der Waals surface area contributed by atoms with E-state index in [-0.39, 0.29) is 22.7 Å². The second kappa shape index (κ2) is 5.08. The minimum atomic E-state index is -3.80. The van der Waals surface area contributed by atoms with Gasteiger partial charge in [0.1, 0.15) is 4.90 Å². The standard InChI is InChI=1S/C11H12N2O4S/c1-3-6-13(2)18(16,17)10-5-4-8(11(14)15)7-9(10)12/h1,4-5,7H,6,12H2,2H3,(H,14,15). The fraction of sp³-hybridized carbons (Fsp3) is 0.182. The predicted molar refractivity (Wildman–Crippen MR) is 66.5 cm³/mol. The van der Waals surface area contributed by atoms with Crippen LogP contribution in [0.1, 0.15) is 10.4 Å². The first-order chi connectivity index (χ1) is 8.30. The van der Waals surface area contributed by atoms with E-state index in [1.807, 2.05) is 0 Å². The SMILES string of the molecule is C#CCN(C)S(=O)(=O)c1ccc(C(=O)O)cc1N. The van der Waals surface area contributed by atoms with Crippen molar-refractivity contribution in [2.45, 2.75) is 4.90 Å². The van der Waals surface area contributed by atoms with Crippen LogP contribution in [0.25, 0.3) is 0 Å². The summed E-state index contributed by atoms with van der Waals surface area (Å²) in [5.41, 5.74) is 5.35. The highest BCUT2D eigenvalue weighted by molar-refractivity contribution is 7.89. The van der Waals surface area contributed by atoms with Gasteiger partial charge in [-0.15, -0.1) is 6.42 Å². The Morgan fingerprint density at radius 3 is 2.61 bits per heavy atom. The summed E-state index contributed by atoms with van der Waals surface area (Å²) in [5, 5.41) is 8.75. The third-order valence-electron chi connectivity index (χ3n) is 2.26. The molecule has 0 aliphatic rings. The van der Waals surface area contributed by atoms with E-state index in [1.165, 1.54) is 13.1 Å². The van der Waals surface area contributed by atoms with Gasteiger partial charge in [-0.25, -0.2) is 13.2 Å². The summed E-state index contributed by atoms with van der Waals surface area (Å²) in [7, 11) is -2.48. The Balaban J connectivity index is 3.27. The van der Waals surface area contributed by atoms with Crippen molar-refractivity contribution in [3.63, 3.8) is 0 Å². The van der Waals surface area contributed by atoms with Crippen LogP contribution in [0.3, 0.4) is 0 Å². The van der Waals surface area contributed by atoms with Gasteiger partial charge in [0.2, 0.25) is 10.0 Å². The van der Waals surface area contributed by atoms with Crippen LogP contribution in [0.5, 0.6) is 0 Å². The zero-order valence-corrected chi connectivity index (χ0v) is 10.4. The number of carboxylic acid groups (broad SMARTS) is 1. The summed E-state index contributed by atoms with van der Waals surface area (Å²) in [6, 6.07) is 3.43. The highest BCUT2D eigenvalue weighted by Crippen LogP contribution is 2.22. The molecule has 7 heteroatoms. The molecule has 0 saturated heterocycles. The zero-order chi connectivity index (χ0) is 13.9. The number of carbonyl (C=O) groups is 1. The first kappa shape index (κ1) is 14.0. The smallest absolute Gasteiger partial charge is 0.335 e. The lowest BCUT2D eigenvalue weighted by Gasteiger charge is -2.15. The molecule has 1 aromatic carbocycles. The molecule has 0 aliphatic heterocycles. The lowest BCUT2D eigenvalue weighted by atomic mass is 10.2. The van der Waals surface area contributed by atoms with Crippen LogP contribution in [0.2, 0.25) is 0 Å². The number of carboxylic acids is 1. The molecule has 0 atom stereocenters. The predicted octanol–water partition coefficient (Wildman–Crippen LogP) is 0.221. The van der Waals surface area contributed by atoms with E-state index >= 15 is 0 Å². The molecule has 0 heterocycles. The van der Waals surface area contributed by atoms with Crippen molar-refractivity contribution in [1.82, 2.24) is 4.31 Å². The molecule has 0 unspecified atom stereocenters. The molecular weight excluding hydrogens is 256 g/mol. The van der Waals surface area contributed by atoms with Gasteiger partial charge in [0.05, 0.1) is 17.8 Å². The second-order valence-electron chi connectivity index (χ2n) is 3.52. The Morgan fingerprint density at radius 2 is 2.17 bits per heavy atom. The molecular formula is C11H12N2O4S. The Kier molecular flexibility index (Phi) is 3.96. The van der Waals surface area contributed by atoms with Gasteiger partial charge in [-0.3, -0.25) is 0 Å². The number of nitrogens with zero attached hydrogens (tertiary/aromatic N) is 1. The third kappa shape index (κ3) is 2.61. The maximum atomic E-state index is 12.0. The molecule has 6 nitrogen and oxygen atoms in total. The molecule has 1 aromatic rings. The molecule has 96 valence electrons. The van der Waals surface area contributed by atoms with Crippen molar-refractivity contribution in [2.24, 2.45) is 0 Å². The van der Waals surface area contributed by atoms with Crippen LogP contribution in [-0.2, 0) is 10.0 Å². The minimum Gasteiger partial charge on any atom is -0.478 e. The van der Waals surface area contributed by atoms with Gasteiger partial charge in [0, 0.05) is 7.05 Å². The number of nitrogens with two attached hydrogens (primary N) is 1. The fourth-order valence-electron chi connectivity index (χ4n) is 1.30. The number of anilines is 1. The van der Waals surface area contributed by atoms with E-state index in [0.717, 1.165) is 16.4 Å². The first-order valence-electron chi connectivity index (χ1n) is 4.83. The summed E-state index contributed by atoms with van der Waals surface area (Å²) < 4.78 is 25.0. The minimum absolute atomic E-state index is 0.0777. The molecule has 0 aromatic heterocycles. The Bertz CT molecular complexity index is 616. The Morgan fingerprint density at radius 1 is 1.56 bits per heavy atom. The number of nitrogen functional groups attached to an aromatic ring is 1. The average Bonchev–Trinajstić information content (AvgIpc) is 2.28. The average molecular weight is 268 g/mol. The normalized spacial score (nSPS) is 11.2. The number of hydrogen-bond acceptors (Lipinski definition) is 4. The number of benzene rings is 1. The summed E-state index contributed by atoms with van der Waals surface area (Å²) >= 11 is 0. The largest absolute Gasteiger partial charge is 0.478 e. The molecule has 3 N–H and O–H groups in total. The van der Waals surface area contributed by atoms with Gasteiger partial charge in [0.15, 0.2) is 0 Å². The molecule has 0 fully saturated rings. The number of terminal acetylenes is 1. The Hall–Kier alpha value is -2.04. The molecule has 1 rings (SSSR count). The van der Waals surface area contributed by atoms with Crippen molar-refractivity contribution in [2.75, 3.05) is 19.3 Å². The molecule has 0 spiro atoms. The summed E-state index contributed by atoms with van der Waals surface area (Å²) in [6.45, 7) is -0.0948. The van der Waals surface area contributed by atoms with Gasteiger partial charge in [-0.05, 0) is 18.2 Å². The molecule has 0 aliphatic carbocycles. The van der Waals surface area contributed by atoms with Gasteiger partial charge in [-0.1, -0.05) is 5.92 Å². The fourth-order valence-corrected chi connectivity index (χ4v) is 2.47. The highest BCUT2D eigenvalue weighted by atomic mass is 32.2. The molecule has 0 saturated carbocycles. The van der Waals surface area contributed by atoms with Crippen LogP contribution >= 0.6 is 0 Å². The number of hydrogen-bond donors (Lipinski definition) is 2. The van der Waals surface area contributed by atoms with E-state index in [1.54, 1.807) is 0 Å². The number of sulfonamides is 1. The van der Waals surface area contributed by atoms with Crippen LogP contribution in [0, 0.1) is 12.3 Å². The summed E-state index contributed by atoms with van der Waals surface area (Å²) in [5.74, 6) is 1.03. The highest BCUT2D eigenvalue weighted by Gasteiger charge is 2.23. The van der Waals surface area contributed by atoms with Crippen LogP contribution in [0.15, 0.2) is 23.1 Å². The quantitative estimate of drug-likeness (QED) is 0.601. The van der Waals surface area contributed by atoms with Crippen molar-refractivity contribution >= 4 is 21.7 Å². The maximum absolute atomic E-state index is 12.0. The monoisotopic (exact) mass is 268 g/mol. The van der Waals surface area contributed by atoms with Gasteiger partial charge < -0.3 is 10.8 Å². The van der Waals surface area contributed by atoms with Crippen LogP contribution in [0.4, 0.5) is 5.69 Å².